The van der Waals surface area contributed by atoms with Gasteiger partial charge in [-0.3, -0.25) is 9.82 Å². The number of nitrogens with one attached hydrogen (secondary N) is 1. The first-order valence-corrected chi connectivity index (χ1v) is 11.2. The van der Waals surface area contributed by atoms with Crippen LogP contribution in [0.1, 0.15) is 58.3 Å². The van der Waals surface area contributed by atoms with Crippen LogP contribution in [-0.2, 0) is 4.84 Å². The van der Waals surface area contributed by atoms with E-state index in [1.54, 1.807) is 23.5 Å². The van der Waals surface area contributed by atoms with Gasteiger partial charge in [0.1, 0.15) is 0 Å². The van der Waals surface area contributed by atoms with E-state index in [1.165, 1.54) is 37.2 Å². The zero-order chi connectivity index (χ0) is 22.3. The van der Waals surface area contributed by atoms with Crippen molar-refractivity contribution in [2.45, 2.75) is 58.3 Å². The number of aliphatic imine (C=N–C) groups is 1. The van der Waals surface area contributed by atoms with Gasteiger partial charge >= 0.3 is 6.03 Å². The van der Waals surface area contributed by atoms with Crippen molar-refractivity contribution in [1.82, 2.24) is 15.4 Å². The minimum atomic E-state index is -0.179. The number of unbranched alkanes of at least 4 members (excludes halogenated alkanes) is 2. The third kappa shape index (κ3) is 8.80. The SMILES string of the molecule is CCNC(=O)N(CCCCCN(C(N)=NC#N)c1ccncc1)OCC1CCCCC1. The van der Waals surface area contributed by atoms with E-state index >= 15 is 0 Å². The third-order valence-corrected chi connectivity index (χ3v) is 5.40. The largest absolute Gasteiger partial charge is 0.369 e. The lowest BCUT2D eigenvalue weighted by atomic mass is 9.90. The van der Waals surface area contributed by atoms with Crippen LogP contribution in [0.3, 0.4) is 0 Å². The first-order valence-electron chi connectivity index (χ1n) is 11.2. The standard InChI is InChI=1S/C22H35N7O2/c1-2-26-22(30)29(31-17-19-9-5-3-6-10-19)16-8-4-7-15-28(21(24)27-18-23)20-11-13-25-14-12-20/h11-14,19H,2-10,15-17H2,1H3,(H2,24,27)(H,26,30). The van der Waals surface area contributed by atoms with Gasteiger partial charge in [-0.1, -0.05) is 19.3 Å². The number of hydroxylamine groups is 2. The first kappa shape index (κ1) is 24.4. The smallest absolute Gasteiger partial charge is 0.341 e. The molecule has 0 atom stereocenters. The maximum Gasteiger partial charge on any atom is 0.341 e. The molecule has 2 amide bonds. The van der Waals surface area contributed by atoms with E-state index < -0.39 is 0 Å². The number of rotatable bonds is 11. The van der Waals surface area contributed by atoms with Crippen LogP contribution in [0.15, 0.2) is 29.5 Å². The molecule has 170 valence electrons. The number of urea groups is 1. The lowest BCUT2D eigenvalue weighted by Crippen LogP contribution is -2.41. The monoisotopic (exact) mass is 429 g/mol. The number of nitrogens with zero attached hydrogens (tertiary/aromatic N) is 5. The number of aromatic nitrogens is 1. The molecular formula is C22H35N7O2. The molecule has 2 rings (SSSR count). The number of carbonyl (C=O) groups is 1. The Morgan fingerprint density at radius 1 is 1.26 bits per heavy atom. The molecule has 1 aliphatic carbocycles. The highest BCUT2D eigenvalue weighted by Crippen LogP contribution is 2.24. The predicted molar refractivity (Wildman–Crippen MR) is 121 cm³/mol. The van der Waals surface area contributed by atoms with Crippen molar-refractivity contribution in [2.75, 3.05) is 31.1 Å². The second-order valence-electron chi connectivity index (χ2n) is 7.73. The Balaban J connectivity index is 1.81. The van der Waals surface area contributed by atoms with Crippen molar-refractivity contribution in [1.29, 1.82) is 5.26 Å². The molecule has 9 nitrogen and oxygen atoms in total. The highest BCUT2D eigenvalue weighted by molar-refractivity contribution is 5.95. The predicted octanol–water partition coefficient (Wildman–Crippen LogP) is 3.40. The fraction of sp³-hybridized carbons (Fsp3) is 0.636. The molecule has 0 aromatic carbocycles. The zero-order valence-electron chi connectivity index (χ0n) is 18.5. The molecule has 0 bridgehead atoms. The highest BCUT2D eigenvalue weighted by atomic mass is 16.7. The Morgan fingerprint density at radius 3 is 2.65 bits per heavy atom. The van der Waals surface area contributed by atoms with E-state index in [9.17, 15) is 4.79 Å². The summed E-state index contributed by atoms with van der Waals surface area (Å²) in [5.41, 5.74) is 6.80. The van der Waals surface area contributed by atoms with E-state index in [0.29, 0.717) is 32.2 Å². The van der Waals surface area contributed by atoms with Crippen molar-refractivity contribution < 1.29 is 9.63 Å². The van der Waals surface area contributed by atoms with Gasteiger partial charge in [0.25, 0.3) is 0 Å². The average molecular weight is 430 g/mol. The number of nitrogens with two attached hydrogens (primary N) is 1. The summed E-state index contributed by atoms with van der Waals surface area (Å²) in [5.74, 6) is 0.704. The summed E-state index contributed by atoms with van der Waals surface area (Å²) in [6.45, 7) is 4.23. The normalized spacial score (nSPS) is 14.6. The molecule has 3 N–H and O–H groups in total. The van der Waals surface area contributed by atoms with Gasteiger partial charge in [0.15, 0.2) is 0 Å². The molecule has 1 fully saturated rings. The minimum Gasteiger partial charge on any atom is -0.369 e. The number of nitriles is 1. The average Bonchev–Trinajstić information content (AvgIpc) is 2.79. The number of amides is 2. The van der Waals surface area contributed by atoms with Gasteiger partial charge in [-0.15, -0.1) is 4.99 Å². The Kier molecular flexibility index (Phi) is 11.2. The van der Waals surface area contributed by atoms with Crippen LogP contribution in [0.2, 0.25) is 0 Å². The number of carbonyl (C=O) groups excluding carboxylic acids is 1. The topological polar surface area (TPSA) is 120 Å². The summed E-state index contributed by atoms with van der Waals surface area (Å²) in [4.78, 5) is 27.7. The summed E-state index contributed by atoms with van der Waals surface area (Å²) in [7, 11) is 0. The Morgan fingerprint density at radius 2 is 1.97 bits per heavy atom. The molecule has 0 radical (unpaired) electrons. The molecule has 0 spiro atoms. The maximum atomic E-state index is 12.3. The Labute approximate surface area is 185 Å². The minimum absolute atomic E-state index is 0.161. The molecular weight excluding hydrogens is 394 g/mol. The molecule has 9 heteroatoms. The Hall–Kier alpha value is -2.86. The number of guanidine groups is 1. The van der Waals surface area contributed by atoms with Crippen molar-refractivity contribution in [2.24, 2.45) is 16.6 Å². The summed E-state index contributed by atoms with van der Waals surface area (Å²) >= 11 is 0. The van der Waals surface area contributed by atoms with Crippen LogP contribution < -0.4 is 16.0 Å². The third-order valence-electron chi connectivity index (χ3n) is 5.40. The number of anilines is 1. The van der Waals surface area contributed by atoms with Gasteiger partial charge in [0, 0.05) is 31.2 Å². The van der Waals surface area contributed by atoms with Gasteiger partial charge in [-0.05, 0) is 57.1 Å². The maximum absolute atomic E-state index is 12.3. The molecule has 0 unspecified atom stereocenters. The number of hydrogen-bond acceptors (Lipinski definition) is 5. The van der Waals surface area contributed by atoms with E-state index in [1.807, 2.05) is 19.1 Å². The van der Waals surface area contributed by atoms with Crippen LogP contribution in [0.5, 0.6) is 0 Å². The molecule has 31 heavy (non-hydrogen) atoms. The molecule has 1 aromatic rings. The molecule has 0 aliphatic heterocycles. The van der Waals surface area contributed by atoms with E-state index in [4.69, 9.17) is 15.8 Å². The van der Waals surface area contributed by atoms with E-state index in [0.717, 1.165) is 24.9 Å². The van der Waals surface area contributed by atoms with Crippen LogP contribution >= 0.6 is 0 Å². The second-order valence-corrected chi connectivity index (χ2v) is 7.73. The van der Waals surface area contributed by atoms with Crippen LogP contribution in [0.4, 0.5) is 10.5 Å². The van der Waals surface area contributed by atoms with E-state index in [2.05, 4.69) is 15.3 Å². The first-order chi connectivity index (χ1) is 15.2. The zero-order valence-corrected chi connectivity index (χ0v) is 18.5. The van der Waals surface area contributed by atoms with Crippen molar-refractivity contribution >= 4 is 17.7 Å². The lowest BCUT2D eigenvalue weighted by Gasteiger charge is -2.27. The van der Waals surface area contributed by atoms with Gasteiger partial charge in [-0.2, -0.15) is 5.26 Å². The molecule has 1 heterocycles. The van der Waals surface area contributed by atoms with Crippen LogP contribution in [0.25, 0.3) is 0 Å². The molecule has 1 aliphatic rings. The molecule has 0 saturated heterocycles. The van der Waals surface area contributed by atoms with E-state index in [-0.39, 0.29) is 12.0 Å². The van der Waals surface area contributed by atoms with Gasteiger partial charge in [0.2, 0.25) is 12.2 Å². The summed E-state index contributed by atoms with van der Waals surface area (Å²) < 4.78 is 0. The van der Waals surface area contributed by atoms with Gasteiger partial charge in [0.05, 0.1) is 13.2 Å². The van der Waals surface area contributed by atoms with Crippen LogP contribution in [0, 0.1) is 17.4 Å². The van der Waals surface area contributed by atoms with Crippen molar-refractivity contribution in [3.63, 3.8) is 0 Å². The summed E-state index contributed by atoms with van der Waals surface area (Å²) in [6, 6.07) is 3.48. The molecule has 1 saturated carbocycles. The summed E-state index contributed by atoms with van der Waals surface area (Å²) in [5, 5.41) is 13.1. The molecule has 1 aromatic heterocycles. The second kappa shape index (κ2) is 14.2. The quantitative estimate of drug-likeness (QED) is 0.183. The fourth-order valence-electron chi connectivity index (χ4n) is 3.73. The van der Waals surface area contributed by atoms with Crippen molar-refractivity contribution in [3.8, 4) is 6.19 Å². The Bertz CT molecular complexity index is 714. The van der Waals surface area contributed by atoms with Gasteiger partial charge < -0.3 is 16.0 Å². The van der Waals surface area contributed by atoms with Crippen LogP contribution in [-0.4, -0.2) is 48.3 Å². The fourth-order valence-corrected chi connectivity index (χ4v) is 3.73. The van der Waals surface area contributed by atoms with Gasteiger partial charge in [-0.25, -0.2) is 9.86 Å². The highest BCUT2D eigenvalue weighted by Gasteiger charge is 2.19. The lowest BCUT2D eigenvalue weighted by molar-refractivity contribution is -0.132. The van der Waals surface area contributed by atoms with Crippen molar-refractivity contribution in [3.05, 3.63) is 24.5 Å². The summed E-state index contributed by atoms with van der Waals surface area (Å²) in [6.07, 6.45) is 13.8. The number of hydrogen-bond donors (Lipinski definition) is 2. The number of pyridine rings is 1.